The SMILES string of the molecule is c1cncc(-c2ccccc2-c2ccc(Cn3ccc4ccccc43)cc2)c1. The predicted octanol–water partition coefficient (Wildman–Crippen LogP) is 6.42. The van der Waals surface area contributed by atoms with Gasteiger partial charge in [0.2, 0.25) is 0 Å². The molecule has 0 bridgehead atoms. The average molecular weight is 360 g/mol. The molecular weight excluding hydrogens is 340 g/mol. The largest absolute Gasteiger partial charge is 0.343 e. The third kappa shape index (κ3) is 3.10. The molecule has 0 aliphatic rings. The van der Waals surface area contributed by atoms with Gasteiger partial charge in [0.05, 0.1) is 0 Å². The molecular formula is C26H20N2. The summed E-state index contributed by atoms with van der Waals surface area (Å²) in [6, 6.07) is 32.2. The van der Waals surface area contributed by atoms with Gasteiger partial charge in [-0.1, -0.05) is 72.8 Å². The van der Waals surface area contributed by atoms with Crippen LogP contribution in [0.1, 0.15) is 5.56 Å². The second-order valence-corrected chi connectivity index (χ2v) is 6.99. The molecule has 5 rings (SSSR count). The molecule has 2 heteroatoms. The minimum Gasteiger partial charge on any atom is -0.343 e. The van der Waals surface area contributed by atoms with E-state index in [1.54, 1.807) is 0 Å². The van der Waals surface area contributed by atoms with Crippen LogP contribution in [0.25, 0.3) is 33.2 Å². The van der Waals surface area contributed by atoms with Crippen molar-refractivity contribution in [2.75, 3.05) is 0 Å². The highest BCUT2D eigenvalue weighted by atomic mass is 14.9. The lowest BCUT2D eigenvalue weighted by molar-refractivity contribution is 0.837. The first-order valence-corrected chi connectivity index (χ1v) is 9.51. The summed E-state index contributed by atoms with van der Waals surface area (Å²) in [5.41, 5.74) is 7.37. The summed E-state index contributed by atoms with van der Waals surface area (Å²) in [7, 11) is 0. The molecule has 5 aromatic rings. The lowest BCUT2D eigenvalue weighted by atomic mass is 9.95. The zero-order valence-electron chi connectivity index (χ0n) is 15.5. The quantitative estimate of drug-likeness (QED) is 0.362. The number of hydrogen-bond donors (Lipinski definition) is 0. The summed E-state index contributed by atoms with van der Waals surface area (Å²) in [5.74, 6) is 0. The van der Waals surface area contributed by atoms with Gasteiger partial charge in [-0.3, -0.25) is 4.98 Å². The lowest BCUT2D eigenvalue weighted by Crippen LogP contribution is -1.97. The van der Waals surface area contributed by atoms with E-state index in [4.69, 9.17) is 0 Å². The number of pyridine rings is 1. The zero-order chi connectivity index (χ0) is 18.8. The van der Waals surface area contributed by atoms with Crippen LogP contribution in [0.4, 0.5) is 0 Å². The summed E-state index contributed by atoms with van der Waals surface area (Å²) in [5, 5.41) is 1.28. The Balaban J connectivity index is 1.46. The summed E-state index contributed by atoms with van der Waals surface area (Å²) in [4.78, 5) is 4.27. The highest BCUT2D eigenvalue weighted by molar-refractivity contribution is 5.83. The van der Waals surface area contributed by atoms with Gasteiger partial charge in [-0.2, -0.15) is 0 Å². The van der Waals surface area contributed by atoms with E-state index in [2.05, 4.69) is 101 Å². The van der Waals surface area contributed by atoms with Crippen LogP contribution in [0.5, 0.6) is 0 Å². The second-order valence-electron chi connectivity index (χ2n) is 6.99. The number of benzene rings is 3. The number of aromatic nitrogens is 2. The highest BCUT2D eigenvalue weighted by Gasteiger charge is 2.07. The lowest BCUT2D eigenvalue weighted by Gasteiger charge is -2.11. The van der Waals surface area contributed by atoms with Crippen LogP contribution in [0, 0.1) is 0 Å². The van der Waals surface area contributed by atoms with Crippen molar-refractivity contribution in [2.45, 2.75) is 6.54 Å². The fraction of sp³-hybridized carbons (Fsp3) is 0.0385. The Hall–Kier alpha value is -3.65. The number of rotatable bonds is 4. The van der Waals surface area contributed by atoms with E-state index >= 15 is 0 Å². The second kappa shape index (κ2) is 7.16. The van der Waals surface area contributed by atoms with Gasteiger partial charge in [-0.05, 0) is 45.8 Å². The molecule has 0 radical (unpaired) electrons. The van der Waals surface area contributed by atoms with Gasteiger partial charge >= 0.3 is 0 Å². The Morgan fingerprint density at radius 1 is 0.643 bits per heavy atom. The van der Waals surface area contributed by atoms with Crippen molar-refractivity contribution < 1.29 is 0 Å². The minimum atomic E-state index is 0.873. The maximum absolute atomic E-state index is 4.27. The van der Waals surface area contributed by atoms with Crippen molar-refractivity contribution >= 4 is 10.9 Å². The van der Waals surface area contributed by atoms with Crippen LogP contribution in [-0.4, -0.2) is 9.55 Å². The van der Waals surface area contributed by atoms with Crippen molar-refractivity contribution in [1.29, 1.82) is 0 Å². The van der Waals surface area contributed by atoms with Crippen LogP contribution in [0.2, 0.25) is 0 Å². The van der Waals surface area contributed by atoms with Gasteiger partial charge in [0.15, 0.2) is 0 Å². The van der Waals surface area contributed by atoms with Crippen molar-refractivity contribution in [3.63, 3.8) is 0 Å². The highest BCUT2D eigenvalue weighted by Crippen LogP contribution is 2.31. The molecule has 0 fully saturated rings. The molecule has 3 aromatic carbocycles. The van der Waals surface area contributed by atoms with Gasteiger partial charge < -0.3 is 4.57 Å². The molecule has 2 heterocycles. The van der Waals surface area contributed by atoms with Crippen molar-refractivity contribution in [1.82, 2.24) is 9.55 Å². The number of hydrogen-bond acceptors (Lipinski definition) is 1. The van der Waals surface area contributed by atoms with E-state index in [9.17, 15) is 0 Å². The summed E-state index contributed by atoms with van der Waals surface area (Å²) >= 11 is 0. The van der Waals surface area contributed by atoms with E-state index in [0.29, 0.717) is 0 Å². The van der Waals surface area contributed by atoms with Gasteiger partial charge in [0.25, 0.3) is 0 Å². The maximum Gasteiger partial charge on any atom is 0.0483 e. The molecule has 2 nitrogen and oxygen atoms in total. The van der Waals surface area contributed by atoms with Crippen LogP contribution >= 0.6 is 0 Å². The number of nitrogens with zero attached hydrogens (tertiary/aromatic N) is 2. The van der Waals surface area contributed by atoms with Gasteiger partial charge in [0, 0.05) is 36.2 Å². The van der Waals surface area contributed by atoms with E-state index in [-0.39, 0.29) is 0 Å². The number of fused-ring (bicyclic) bond motifs is 1. The minimum absolute atomic E-state index is 0.873. The maximum atomic E-state index is 4.27. The summed E-state index contributed by atoms with van der Waals surface area (Å²) < 4.78 is 2.30. The van der Waals surface area contributed by atoms with Crippen molar-refractivity contribution in [2.24, 2.45) is 0 Å². The summed E-state index contributed by atoms with van der Waals surface area (Å²) in [6.07, 6.45) is 5.90. The summed E-state index contributed by atoms with van der Waals surface area (Å²) in [6.45, 7) is 0.873. The number of para-hydroxylation sites is 1. The molecule has 0 aliphatic carbocycles. The Morgan fingerprint density at radius 2 is 1.39 bits per heavy atom. The van der Waals surface area contributed by atoms with Gasteiger partial charge in [-0.25, -0.2) is 0 Å². The molecule has 0 saturated heterocycles. The van der Waals surface area contributed by atoms with Gasteiger partial charge in [0.1, 0.15) is 0 Å². The molecule has 0 aliphatic heterocycles. The Kier molecular flexibility index (Phi) is 4.23. The van der Waals surface area contributed by atoms with Crippen molar-refractivity contribution in [3.8, 4) is 22.3 Å². The third-order valence-corrected chi connectivity index (χ3v) is 5.20. The topological polar surface area (TPSA) is 17.8 Å². The van der Waals surface area contributed by atoms with Crippen LogP contribution in [0.15, 0.2) is 110 Å². The Bertz CT molecular complexity index is 1220. The predicted molar refractivity (Wildman–Crippen MR) is 116 cm³/mol. The smallest absolute Gasteiger partial charge is 0.0483 e. The van der Waals surface area contributed by atoms with Gasteiger partial charge in [-0.15, -0.1) is 0 Å². The first-order chi connectivity index (χ1) is 13.9. The molecule has 0 unspecified atom stereocenters. The molecule has 28 heavy (non-hydrogen) atoms. The van der Waals surface area contributed by atoms with Crippen LogP contribution in [-0.2, 0) is 6.54 Å². The Labute approximate surface area is 164 Å². The molecule has 0 spiro atoms. The van der Waals surface area contributed by atoms with E-state index in [1.165, 1.54) is 33.2 Å². The molecule has 0 atom stereocenters. The standard InChI is InChI=1S/C26H20N2/c1-4-10-26-22(6-1)15-17-28(26)19-20-11-13-21(14-12-20)24-8-2-3-9-25(24)23-7-5-16-27-18-23/h1-18H,19H2. The first kappa shape index (κ1) is 16.5. The average Bonchev–Trinajstić information content (AvgIpc) is 3.18. The van der Waals surface area contributed by atoms with E-state index < -0.39 is 0 Å². The molecule has 0 amide bonds. The monoisotopic (exact) mass is 360 g/mol. The van der Waals surface area contributed by atoms with E-state index in [1.807, 2.05) is 18.5 Å². The fourth-order valence-corrected chi connectivity index (χ4v) is 3.77. The van der Waals surface area contributed by atoms with Crippen LogP contribution < -0.4 is 0 Å². The third-order valence-electron chi connectivity index (χ3n) is 5.20. The molecule has 134 valence electrons. The molecule has 0 N–H and O–H groups in total. The molecule has 0 saturated carbocycles. The van der Waals surface area contributed by atoms with Crippen LogP contribution in [0.3, 0.4) is 0 Å². The fourth-order valence-electron chi connectivity index (χ4n) is 3.77. The first-order valence-electron chi connectivity index (χ1n) is 9.51. The Morgan fingerprint density at radius 3 is 2.18 bits per heavy atom. The zero-order valence-corrected chi connectivity index (χ0v) is 15.5. The molecule has 2 aromatic heterocycles. The van der Waals surface area contributed by atoms with Crippen molar-refractivity contribution in [3.05, 3.63) is 115 Å². The normalized spacial score (nSPS) is 11.0. The van der Waals surface area contributed by atoms with E-state index in [0.717, 1.165) is 12.1 Å².